The van der Waals surface area contributed by atoms with Crippen LogP contribution in [-0.2, 0) is 6.54 Å². The number of nitrogens with one attached hydrogen (secondary N) is 1. The molecule has 0 saturated carbocycles. The first-order chi connectivity index (χ1) is 7.17. The fourth-order valence-corrected chi connectivity index (χ4v) is 1.65. The fraction of sp³-hybridized carbons (Fsp3) is 0.333. The van der Waals surface area contributed by atoms with Crippen LogP contribution in [0.1, 0.15) is 18.9 Å². The van der Waals surface area contributed by atoms with Crippen LogP contribution in [0, 0.1) is 12.3 Å². The van der Waals surface area contributed by atoms with Gasteiger partial charge in [-0.15, -0.1) is 6.42 Å². The van der Waals surface area contributed by atoms with Gasteiger partial charge in [-0.25, -0.2) is 0 Å². The predicted molar refractivity (Wildman–Crippen MR) is 65.6 cm³/mol. The average molecular weight is 268 g/mol. The molecule has 1 aromatic carbocycles. The lowest BCUT2D eigenvalue weighted by Crippen LogP contribution is -2.26. The van der Waals surface area contributed by atoms with E-state index < -0.39 is 0 Å². The molecular weight excluding hydrogens is 254 g/mol. The van der Waals surface area contributed by atoms with Crippen molar-refractivity contribution in [3.8, 4) is 18.1 Å². The summed E-state index contributed by atoms with van der Waals surface area (Å²) in [6.45, 7) is 2.76. The largest absolute Gasteiger partial charge is 0.507 e. The van der Waals surface area contributed by atoms with Crippen LogP contribution < -0.4 is 5.32 Å². The Bertz CT molecular complexity index is 370. The molecule has 1 atom stereocenters. The van der Waals surface area contributed by atoms with Crippen LogP contribution >= 0.6 is 15.9 Å². The molecule has 15 heavy (non-hydrogen) atoms. The van der Waals surface area contributed by atoms with E-state index in [1.807, 2.05) is 19.1 Å². The predicted octanol–water partition coefficient (Wildman–Crippen LogP) is 2.66. The summed E-state index contributed by atoms with van der Waals surface area (Å²) in [6.07, 6.45) is 6.25. The zero-order chi connectivity index (χ0) is 11.3. The normalized spacial score (nSPS) is 12.1. The second-order valence-electron chi connectivity index (χ2n) is 3.29. The van der Waals surface area contributed by atoms with E-state index in [0.717, 1.165) is 12.0 Å². The molecule has 2 N–H and O–H groups in total. The third kappa shape index (κ3) is 3.58. The molecule has 0 aromatic heterocycles. The molecule has 0 aliphatic carbocycles. The molecule has 0 heterocycles. The zero-order valence-electron chi connectivity index (χ0n) is 8.63. The highest BCUT2D eigenvalue weighted by atomic mass is 79.9. The second-order valence-corrected chi connectivity index (χ2v) is 4.15. The zero-order valence-corrected chi connectivity index (χ0v) is 10.2. The van der Waals surface area contributed by atoms with Crippen LogP contribution in [0.25, 0.3) is 0 Å². The van der Waals surface area contributed by atoms with Gasteiger partial charge in [0.25, 0.3) is 0 Å². The number of rotatable bonds is 4. The van der Waals surface area contributed by atoms with Crippen LogP contribution in [0.5, 0.6) is 5.75 Å². The van der Waals surface area contributed by atoms with Crippen molar-refractivity contribution in [3.63, 3.8) is 0 Å². The van der Waals surface area contributed by atoms with Gasteiger partial charge in [0.05, 0.1) is 10.5 Å². The Morgan fingerprint density at radius 2 is 2.33 bits per heavy atom. The lowest BCUT2D eigenvalue weighted by atomic mass is 10.2. The summed E-state index contributed by atoms with van der Waals surface area (Å²) in [7, 11) is 0. The Labute approximate surface area is 98.8 Å². The highest BCUT2D eigenvalue weighted by molar-refractivity contribution is 9.10. The van der Waals surface area contributed by atoms with Gasteiger partial charge in [0.15, 0.2) is 0 Å². The maximum atomic E-state index is 9.31. The van der Waals surface area contributed by atoms with Gasteiger partial charge in [-0.05, 0) is 40.0 Å². The van der Waals surface area contributed by atoms with E-state index in [0.29, 0.717) is 11.0 Å². The Hall–Kier alpha value is -0.980. The molecule has 0 fully saturated rings. The van der Waals surface area contributed by atoms with E-state index in [1.165, 1.54) is 0 Å². The Morgan fingerprint density at radius 1 is 1.60 bits per heavy atom. The number of phenols is 1. The molecule has 0 saturated heterocycles. The molecule has 0 bridgehead atoms. The monoisotopic (exact) mass is 267 g/mol. The minimum absolute atomic E-state index is 0.109. The first kappa shape index (κ1) is 12.1. The molecular formula is C12H14BrNO. The number of hydrogen-bond acceptors (Lipinski definition) is 2. The minimum Gasteiger partial charge on any atom is -0.507 e. The summed E-state index contributed by atoms with van der Waals surface area (Å²) in [5.74, 6) is 2.93. The van der Waals surface area contributed by atoms with E-state index in [9.17, 15) is 5.11 Å². The van der Waals surface area contributed by atoms with E-state index in [-0.39, 0.29) is 11.8 Å². The molecule has 0 aliphatic heterocycles. The number of terminal acetylenes is 1. The number of halogens is 1. The van der Waals surface area contributed by atoms with E-state index >= 15 is 0 Å². The van der Waals surface area contributed by atoms with Crippen molar-refractivity contribution in [2.45, 2.75) is 25.9 Å². The SMILES string of the molecule is C#CC(CC)NCc1ccc(O)c(Br)c1. The lowest BCUT2D eigenvalue weighted by Gasteiger charge is -2.10. The molecule has 1 aromatic rings. The molecule has 80 valence electrons. The summed E-state index contributed by atoms with van der Waals surface area (Å²) in [5.41, 5.74) is 1.09. The molecule has 1 rings (SSSR count). The van der Waals surface area contributed by atoms with Gasteiger partial charge in [0.1, 0.15) is 5.75 Å². The first-order valence-corrected chi connectivity index (χ1v) is 5.63. The number of aromatic hydroxyl groups is 1. The van der Waals surface area contributed by atoms with Crippen LogP contribution in [0.15, 0.2) is 22.7 Å². The number of hydrogen-bond donors (Lipinski definition) is 2. The molecule has 0 radical (unpaired) electrons. The first-order valence-electron chi connectivity index (χ1n) is 4.84. The van der Waals surface area contributed by atoms with E-state index in [2.05, 4.69) is 27.2 Å². The van der Waals surface area contributed by atoms with Gasteiger partial charge in [-0.2, -0.15) is 0 Å². The average Bonchev–Trinajstić information content (AvgIpc) is 2.24. The van der Waals surface area contributed by atoms with Crippen LogP contribution in [0.3, 0.4) is 0 Å². The van der Waals surface area contributed by atoms with Crippen LogP contribution in [0.2, 0.25) is 0 Å². The second kappa shape index (κ2) is 5.79. The highest BCUT2D eigenvalue weighted by Gasteiger charge is 2.02. The summed E-state index contributed by atoms with van der Waals surface area (Å²) in [4.78, 5) is 0. The Kier molecular flexibility index (Phi) is 4.67. The standard InChI is InChI=1S/C12H14BrNO/c1-3-10(4-2)14-8-9-5-6-12(15)11(13)7-9/h1,5-7,10,14-15H,4,8H2,2H3. The van der Waals surface area contributed by atoms with Crippen LogP contribution in [0.4, 0.5) is 0 Å². The molecule has 0 spiro atoms. The highest BCUT2D eigenvalue weighted by Crippen LogP contribution is 2.24. The molecule has 0 aliphatic rings. The van der Waals surface area contributed by atoms with E-state index in [1.54, 1.807) is 6.07 Å². The summed E-state index contributed by atoms with van der Waals surface area (Å²) in [5, 5.41) is 12.6. The molecule has 2 nitrogen and oxygen atoms in total. The van der Waals surface area contributed by atoms with Gasteiger partial charge in [0, 0.05) is 6.54 Å². The van der Waals surface area contributed by atoms with Gasteiger partial charge >= 0.3 is 0 Å². The van der Waals surface area contributed by atoms with Crippen molar-refractivity contribution in [1.29, 1.82) is 0 Å². The molecule has 3 heteroatoms. The van der Waals surface area contributed by atoms with Crippen molar-refractivity contribution in [2.24, 2.45) is 0 Å². The van der Waals surface area contributed by atoms with Gasteiger partial charge in [0.2, 0.25) is 0 Å². The molecule has 0 amide bonds. The van der Waals surface area contributed by atoms with E-state index in [4.69, 9.17) is 6.42 Å². The molecule has 1 unspecified atom stereocenters. The van der Waals surface area contributed by atoms with Crippen molar-refractivity contribution in [1.82, 2.24) is 5.32 Å². The summed E-state index contributed by atoms with van der Waals surface area (Å²) in [6, 6.07) is 5.53. The van der Waals surface area contributed by atoms with Gasteiger partial charge in [-0.1, -0.05) is 18.9 Å². The fourth-order valence-electron chi connectivity index (χ4n) is 1.22. The quantitative estimate of drug-likeness (QED) is 0.823. The topological polar surface area (TPSA) is 32.3 Å². The van der Waals surface area contributed by atoms with Crippen molar-refractivity contribution in [2.75, 3.05) is 0 Å². The third-order valence-corrected chi connectivity index (χ3v) is 2.81. The van der Waals surface area contributed by atoms with Gasteiger partial charge < -0.3 is 5.11 Å². The Morgan fingerprint density at radius 3 is 2.87 bits per heavy atom. The summed E-state index contributed by atoms with van der Waals surface area (Å²) < 4.78 is 0.704. The van der Waals surface area contributed by atoms with Crippen molar-refractivity contribution in [3.05, 3.63) is 28.2 Å². The number of benzene rings is 1. The number of phenolic OH excluding ortho intramolecular Hbond substituents is 1. The Balaban J connectivity index is 2.59. The van der Waals surface area contributed by atoms with Crippen LogP contribution in [-0.4, -0.2) is 11.1 Å². The third-order valence-electron chi connectivity index (χ3n) is 2.17. The van der Waals surface area contributed by atoms with Gasteiger partial charge in [-0.3, -0.25) is 5.32 Å². The lowest BCUT2D eigenvalue weighted by molar-refractivity contribution is 0.471. The maximum Gasteiger partial charge on any atom is 0.129 e. The van der Waals surface area contributed by atoms with Crippen molar-refractivity contribution < 1.29 is 5.11 Å². The summed E-state index contributed by atoms with van der Waals surface area (Å²) >= 11 is 3.27. The van der Waals surface area contributed by atoms with Crippen molar-refractivity contribution >= 4 is 15.9 Å². The smallest absolute Gasteiger partial charge is 0.129 e. The minimum atomic E-state index is 0.109. The maximum absolute atomic E-state index is 9.31.